The van der Waals surface area contributed by atoms with Gasteiger partial charge in [-0.2, -0.15) is 0 Å². The summed E-state index contributed by atoms with van der Waals surface area (Å²) in [7, 11) is 0. The van der Waals surface area contributed by atoms with Crippen LogP contribution in [-0.4, -0.2) is 17.5 Å². The highest BCUT2D eigenvalue weighted by atomic mass is 32.1. The van der Waals surface area contributed by atoms with E-state index in [1.807, 2.05) is 61.7 Å². The molecule has 0 radical (unpaired) electrons. The molecule has 0 atom stereocenters. The van der Waals surface area contributed by atoms with Crippen molar-refractivity contribution in [1.82, 2.24) is 4.98 Å². The summed E-state index contributed by atoms with van der Waals surface area (Å²) in [5.74, 6) is 0.418. The van der Waals surface area contributed by atoms with E-state index in [0.29, 0.717) is 10.9 Å². The Hall–Kier alpha value is -2.86. The van der Waals surface area contributed by atoms with Crippen molar-refractivity contribution in [3.63, 3.8) is 0 Å². The third-order valence-electron chi connectivity index (χ3n) is 3.77. The first-order chi connectivity index (χ1) is 12.0. The van der Waals surface area contributed by atoms with Gasteiger partial charge >= 0.3 is 0 Å². The quantitative estimate of drug-likeness (QED) is 0.726. The predicted octanol–water partition coefficient (Wildman–Crippen LogP) is 4.03. The van der Waals surface area contributed by atoms with Crippen LogP contribution in [0.15, 0.2) is 47.8 Å². The van der Waals surface area contributed by atoms with Crippen LogP contribution in [0.1, 0.15) is 11.1 Å². The number of benzene rings is 2. The van der Waals surface area contributed by atoms with E-state index < -0.39 is 0 Å². The van der Waals surface area contributed by atoms with Gasteiger partial charge in [-0.1, -0.05) is 30.3 Å². The summed E-state index contributed by atoms with van der Waals surface area (Å²) in [6.45, 7) is 3.87. The van der Waals surface area contributed by atoms with Crippen molar-refractivity contribution in [2.75, 3.05) is 17.7 Å². The van der Waals surface area contributed by atoms with E-state index in [2.05, 4.69) is 10.3 Å². The second-order valence-electron chi connectivity index (χ2n) is 5.70. The molecule has 128 valence electrons. The second-order valence-corrected chi connectivity index (χ2v) is 6.59. The topological polar surface area (TPSA) is 77.2 Å². The Balaban J connectivity index is 1.64. The molecule has 3 rings (SSSR count). The summed E-state index contributed by atoms with van der Waals surface area (Å²) < 4.78 is 5.62. The fraction of sp³-hybridized carbons (Fsp3) is 0.158. The molecule has 6 heteroatoms. The van der Waals surface area contributed by atoms with Crippen molar-refractivity contribution in [3.05, 3.63) is 59.0 Å². The lowest BCUT2D eigenvalue weighted by Gasteiger charge is -2.12. The number of thiazole rings is 1. The maximum Gasteiger partial charge on any atom is 0.262 e. The molecule has 0 spiro atoms. The van der Waals surface area contributed by atoms with Crippen molar-refractivity contribution in [1.29, 1.82) is 0 Å². The van der Waals surface area contributed by atoms with Crippen LogP contribution in [-0.2, 0) is 4.79 Å². The molecule has 1 heterocycles. The number of hydrogen-bond donors (Lipinski definition) is 2. The number of anilines is 2. The van der Waals surface area contributed by atoms with Crippen LogP contribution >= 0.6 is 11.3 Å². The van der Waals surface area contributed by atoms with Crippen molar-refractivity contribution < 1.29 is 9.53 Å². The predicted molar refractivity (Wildman–Crippen MR) is 102 cm³/mol. The van der Waals surface area contributed by atoms with E-state index in [1.165, 1.54) is 11.3 Å². The van der Waals surface area contributed by atoms with Crippen LogP contribution < -0.4 is 15.8 Å². The third-order valence-corrected chi connectivity index (χ3v) is 4.44. The highest BCUT2D eigenvalue weighted by Crippen LogP contribution is 2.26. The van der Waals surface area contributed by atoms with Gasteiger partial charge < -0.3 is 15.8 Å². The van der Waals surface area contributed by atoms with Crippen molar-refractivity contribution in [3.8, 4) is 17.0 Å². The summed E-state index contributed by atoms with van der Waals surface area (Å²) in [4.78, 5) is 16.4. The lowest BCUT2D eigenvalue weighted by molar-refractivity contribution is -0.118. The minimum Gasteiger partial charge on any atom is -0.484 e. The Kier molecular flexibility index (Phi) is 5.00. The zero-order valence-corrected chi connectivity index (χ0v) is 14.9. The van der Waals surface area contributed by atoms with Gasteiger partial charge in [-0.15, -0.1) is 11.3 Å². The van der Waals surface area contributed by atoms with Crippen LogP contribution in [0.2, 0.25) is 0 Å². The Morgan fingerprint density at radius 2 is 1.92 bits per heavy atom. The number of hydrogen-bond acceptors (Lipinski definition) is 5. The molecule has 3 aromatic rings. The normalized spacial score (nSPS) is 10.5. The Labute approximate surface area is 150 Å². The zero-order chi connectivity index (χ0) is 17.8. The maximum absolute atomic E-state index is 12.2. The van der Waals surface area contributed by atoms with Gasteiger partial charge in [0.2, 0.25) is 0 Å². The Bertz CT molecular complexity index is 885. The molecule has 0 unspecified atom stereocenters. The number of ether oxygens (including phenoxy) is 1. The summed E-state index contributed by atoms with van der Waals surface area (Å²) in [5.41, 5.74) is 10.3. The van der Waals surface area contributed by atoms with E-state index in [1.54, 1.807) is 0 Å². The minimum absolute atomic E-state index is 0.0591. The number of nitrogen functional groups attached to an aromatic ring is 1. The number of carbonyl (C=O) groups is 1. The number of aryl methyl sites for hydroxylation is 2. The Morgan fingerprint density at radius 1 is 1.20 bits per heavy atom. The standard InChI is InChI=1S/C19H19N3O2S/c1-12-5-3-6-13(2)18(12)22-17(23)10-24-15-8-4-7-14(9-15)16-11-25-19(20)21-16/h3-9,11H,10H2,1-2H3,(H2,20,21)(H,22,23). The van der Waals surface area contributed by atoms with Crippen LogP contribution in [0.4, 0.5) is 10.8 Å². The Morgan fingerprint density at radius 3 is 2.60 bits per heavy atom. The average molecular weight is 353 g/mol. The van der Waals surface area contributed by atoms with Gasteiger partial charge in [-0.3, -0.25) is 4.79 Å². The number of nitrogens with zero attached hydrogens (tertiary/aromatic N) is 1. The summed E-state index contributed by atoms with van der Waals surface area (Å²) >= 11 is 1.39. The molecule has 0 saturated heterocycles. The molecule has 0 saturated carbocycles. The third kappa shape index (κ3) is 4.16. The lowest BCUT2D eigenvalue weighted by Crippen LogP contribution is -2.21. The molecule has 0 bridgehead atoms. The molecule has 0 fully saturated rings. The van der Waals surface area contributed by atoms with Gasteiger partial charge in [0.25, 0.3) is 5.91 Å². The summed E-state index contributed by atoms with van der Waals surface area (Å²) in [6.07, 6.45) is 0. The largest absolute Gasteiger partial charge is 0.484 e. The van der Waals surface area contributed by atoms with Gasteiger partial charge in [0.05, 0.1) is 5.69 Å². The van der Waals surface area contributed by atoms with Gasteiger partial charge in [0, 0.05) is 16.6 Å². The molecular formula is C19H19N3O2S. The number of para-hydroxylation sites is 1. The van der Waals surface area contributed by atoms with Crippen molar-refractivity contribution >= 4 is 28.1 Å². The average Bonchev–Trinajstić information content (AvgIpc) is 3.03. The van der Waals surface area contributed by atoms with Crippen LogP contribution in [0.3, 0.4) is 0 Å². The fourth-order valence-electron chi connectivity index (χ4n) is 2.50. The number of nitrogens with two attached hydrogens (primary N) is 1. The molecule has 5 nitrogen and oxygen atoms in total. The monoisotopic (exact) mass is 353 g/mol. The van der Waals surface area contributed by atoms with Gasteiger partial charge in [-0.25, -0.2) is 4.98 Å². The molecule has 25 heavy (non-hydrogen) atoms. The number of aromatic nitrogens is 1. The highest BCUT2D eigenvalue weighted by molar-refractivity contribution is 7.13. The van der Waals surface area contributed by atoms with E-state index in [4.69, 9.17) is 10.5 Å². The molecule has 1 amide bonds. The first-order valence-corrected chi connectivity index (χ1v) is 8.71. The van der Waals surface area contributed by atoms with Crippen LogP contribution in [0, 0.1) is 13.8 Å². The second kappa shape index (κ2) is 7.36. The molecule has 3 N–H and O–H groups in total. The van der Waals surface area contributed by atoms with E-state index in [0.717, 1.165) is 28.1 Å². The molecular weight excluding hydrogens is 334 g/mol. The first kappa shape index (κ1) is 17.0. The zero-order valence-electron chi connectivity index (χ0n) is 14.1. The highest BCUT2D eigenvalue weighted by Gasteiger charge is 2.09. The van der Waals surface area contributed by atoms with Crippen LogP contribution in [0.5, 0.6) is 5.75 Å². The first-order valence-electron chi connectivity index (χ1n) is 7.83. The molecule has 2 aromatic carbocycles. The van der Waals surface area contributed by atoms with Gasteiger partial charge in [0.15, 0.2) is 11.7 Å². The van der Waals surface area contributed by atoms with E-state index in [9.17, 15) is 4.79 Å². The lowest BCUT2D eigenvalue weighted by atomic mass is 10.1. The fourth-order valence-corrected chi connectivity index (χ4v) is 3.07. The van der Waals surface area contributed by atoms with Gasteiger partial charge in [0.1, 0.15) is 5.75 Å². The molecule has 0 aliphatic heterocycles. The minimum atomic E-state index is -0.194. The summed E-state index contributed by atoms with van der Waals surface area (Å²) in [6, 6.07) is 13.3. The number of nitrogens with one attached hydrogen (secondary N) is 1. The van der Waals surface area contributed by atoms with Crippen molar-refractivity contribution in [2.24, 2.45) is 0 Å². The molecule has 0 aliphatic carbocycles. The molecule has 0 aliphatic rings. The van der Waals surface area contributed by atoms with Gasteiger partial charge in [-0.05, 0) is 37.1 Å². The van der Waals surface area contributed by atoms with E-state index >= 15 is 0 Å². The number of amides is 1. The maximum atomic E-state index is 12.2. The number of rotatable bonds is 5. The van der Waals surface area contributed by atoms with Crippen molar-refractivity contribution in [2.45, 2.75) is 13.8 Å². The molecule has 1 aromatic heterocycles. The van der Waals surface area contributed by atoms with Crippen LogP contribution in [0.25, 0.3) is 11.3 Å². The number of carbonyl (C=O) groups excluding carboxylic acids is 1. The SMILES string of the molecule is Cc1cccc(C)c1NC(=O)COc1cccc(-c2csc(N)n2)c1. The van der Waals surface area contributed by atoms with E-state index in [-0.39, 0.29) is 12.5 Å². The smallest absolute Gasteiger partial charge is 0.262 e. The summed E-state index contributed by atoms with van der Waals surface area (Å²) in [5, 5.41) is 5.32.